The third-order valence-electron chi connectivity index (χ3n) is 4.99. The summed E-state index contributed by atoms with van der Waals surface area (Å²) < 4.78 is 5.59. The molecule has 2 atom stereocenters. The van der Waals surface area contributed by atoms with Crippen LogP contribution in [0.2, 0.25) is 0 Å². The summed E-state index contributed by atoms with van der Waals surface area (Å²) in [6.45, 7) is 10.2. The summed E-state index contributed by atoms with van der Waals surface area (Å²) in [5.41, 5.74) is -0.511. The van der Waals surface area contributed by atoms with Crippen LogP contribution in [0.5, 0.6) is 0 Å². The van der Waals surface area contributed by atoms with Gasteiger partial charge in [0.2, 0.25) is 0 Å². The minimum absolute atomic E-state index is 0.0756. The number of fused-ring (bicyclic) bond motifs is 2. The van der Waals surface area contributed by atoms with Gasteiger partial charge in [-0.15, -0.1) is 6.58 Å². The van der Waals surface area contributed by atoms with Gasteiger partial charge in [0, 0.05) is 13.1 Å². The molecule has 0 unspecified atom stereocenters. The van der Waals surface area contributed by atoms with E-state index in [4.69, 9.17) is 4.74 Å². The van der Waals surface area contributed by atoms with Gasteiger partial charge in [-0.1, -0.05) is 48.6 Å². The van der Waals surface area contributed by atoms with Crippen LogP contribution in [-0.2, 0) is 16.1 Å². The molecule has 144 valence electrons. The van der Waals surface area contributed by atoms with Gasteiger partial charge in [0.05, 0.1) is 6.04 Å². The van der Waals surface area contributed by atoms with E-state index in [2.05, 4.69) is 6.58 Å². The van der Waals surface area contributed by atoms with Gasteiger partial charge in [0.15, 0.2) is 0 Å². The first-order chi connectivity index (χ1) is 12.8. The summed E-state index contributed by atoms with van der Waals surface area (Å²) in [4.78, 5) is 29.8. The van der Waals surface area contributed by atoms with Crippen LogP contribution in [0.25, 0.3) is 0 Å². The highest BCUT2D eigenvalue weighted by atomic mass is 16.6. The van der Waals surface area contributed by atoms with Gasteiger partial charge in [-0.3, -0.25) is 9.69 Å². The molecule has 2 bridgehead atoms. The SMILES string of the molecule is C=CCN(Cc1ccccc1)C(=O)[C@@]12C=C[C@@H](CC1)N2C(=O)OC(C)(C)C. The minimum atomic E-state index is -0.954. The lowest BCUT2D eigenvalue weighted by Crippen LogP contribution is -2.57. The van der Waals surface area contributed by atoms with Gasteiger partial charge < -0.3 is 9.64 Å². The standard InChI is InChI=1S/C22H28N2O3/c1-5-15-23(16-17-9-7-6-8-10-17)19(25)22-13-11-18(12-14-22)24(22)20(26)27-21(2,3)4/h5-11,13,18H,1,12,14-16H2,2-4H3/t18-,22+/m0/s1. The smallest absolute Gasteiger partial charge is 0.411 e. The molecule has 3 rings (SSSR count). The van der Waals surface area contributed by atoms with Gasteiger partial charge >= 0.3 is 6.09 Å². The van der Waals surface area contributed by atoms with Crippen molar-refractivity contribution in [3.8, 4) is 0 Å². The second-order valence-corrected chi connectivity index (χ2v) is 8.20. The zero-order chi connectivity index (χ0) is 19.7. The Kier molecular flexibility index (Phi) is 5.13. The molecule has 2 aliphatic heterocycles. The highest BCUT2D eigenvalue weighted by Crippen LogP contribution is 2.43. The number of amides is 2. The normalized spacial score (nSPS) is 23.4. The molecule has 2 aliphatic rings. The summed E-state index contributed by atoms with van der Waals surface area (Å²) in [6, 6.07) is 9.78. The van der Waals surface area contributed by atoms with Crippen molar-refractivity contribution < 1.29 is 14.3 Å². The molecular weight excluding hydrogens is 340 g/mol. The monoisotopic (exact) mass is 368 g/mol. The third kappa shape index (κ3) is 3.77. The Morgan fingerprint density at radius 2 is 2.04 bits per heavy atom. The lowest BCUT2D eigenvalue weighted by Gasteiger charge is -2.37. The summed E-state index contributed by atoms with van der Waals surface area (Å²) in [5.74, 6) is -0.0756. The van der Waals surface area contributed by atoms with Crippen molar-refractivity contribution in [3.63, 3.8) is 0 Å². The second kappa shape index (κ2) is 7.22. The number of hydrogen-bond acceptors (Lipinski definition) is 3. The molecule has 27 heavy (non-hydrogen) atoms. The maximum absolute atomic E-state index is 13.6. The van der Waals surface area contributed by atoms with Crippen LogP contribution in [-0.4, -0.2) is 45.5 Å². The van der Waals surface area contributed by atoms with Crippen molar-refractivity contribution >= 4 is 12.0 Å². The molecule has 0 spiro atoms. The molecule has 2 heterocycles. The zero-order valence-corrected chi connectivity index (χ0v) is 16.4. The van der Waals surface area contributed by atoms with E-state index in [1.165, 1.54) is 0 Å². The van der Waals surface area contributed by atoms with Gasteiger partial charge in [0.1, 0.15) is 11.1 Å². The molecule has 5 nitrogen and oxygen atoms in total. The van der Waals surface area contributed by atoms with Crippen LogP contribution < -0.4 is 0 Å². The second-order valence-electron chi connectivity index (χ2n) is 8.20. The average Bonchev–Trinajstić information content (AvgIpc) is 3.17. The predicted molar refractivity (Wildman–Crippen MR) is 105 cm³/mol. The molecule has 1 saturated heterocycles. The van der Waals surface area contributed by atoms with Crippen LogP contribution in [0.3, 0.4) is 0 Å². The van der Waals surface area contributed by atoms with E-state index < -0.39 is 17.2 Å². The van der Waals surface area contributed by atoms with Crippen LogP contribution in [0.4, 0.5) is 4.79 Å². The molecule has 2 amide bonds. The fourth-order valence-corrected chi connectivity index (χ4v) is 3.87. The lowest BCUT2D eigenvalue weighted by molar-refractivity contribution is -0.140. The summed E-state index contributed by atoms with van der Waals surface area (Å²) in [5, 5.41) is 0. The van der Waals surface area contributed by atoms with Crippen molar-refractivity contribution in [2.45, 2.75) is 57.3 Å². The number of nitrogens with zero attached hydrogens (tertiary/aromatic N) is 2. The van der Waals surface area contributed by atoms with E-state index in [0.717, 1.165) is 12.0 Å². The van der Waals surface area contributed by atoms with Crippen molar-refractivity contribution in [1.29, 1.82) is 0 Å². The quantitative estimate of drug-likeness (QED) is 0.741. The molecule has 1 aromatic carbocycles. The summed E-state index contributed by atoms with van der Waals surface area (Å²) >= 11 is 0. The highest BCUT2D eigenvalue weighted by Gasteiger charge is 2.57. The fraction of sp³-hybridized carbons (Fsp3) is 0.455. The number of benzene rings is 1. The van der Waals surface area contributed by atoms with E-state index in [1.54, 1.807) is 15.9 Å². The van der Waals surface area contributed by atoms with Crippen molar-refractivity contribution in [2.75, 3.05) is 6.54 Å². The fourth-order valence-electron chi connectivity index (χ4n) is 3.87. The van der Waals surface area contributed by atoms with Crippen LogP contribution in [0.1, 0.15) is 39.2 Å². The predicted octanol–water partition coefficient (Wildman–Crippen LogP) is 3.91. The Labute approximate surface area is 161 Å². The Balaban J connectivity index is 1.86. The molecular formula is C22H28N2O3. The maximum atomic E-state index is 13.6. The minimum Gasteiger partial charge on any atom is -0.444 e. The highest BCUT2D eigenvalue weighted by molar-refractivity contribution is 5.94. The first kappa shape index (κ1) is 19.2. The van der Waals surface area contributed by atoms with Gasteiger partial charge in [0.25, 0.3) is 5.91 Å². The molecule has 0 aromatic heterocycles. The summed E-state index contributed by atoms with van der Waals surface area (Å²) in [7, 11) is 0. The molecule has 1 aromatic rings. The topological polar surface area (TPSA) is 49.9 Å². The van der Waals surface area contributed by atoms with Crippen molar-refractivity contribution in [1.82, 2.24) is 9.80 Å². The molecule has 0 N–H and O–H groups in total. The number of hydrogen-bond donors (Lipinski definition) is 0. The maximum Gasteiger partial charge on any atom is 0.411 e. The molecule has 5 heteroatoms. The van der Waals surface area contributed by atoms with Gasteiger partial charge in [-0.05, 0) is 39.2 Å². The largest absolute Gasteiger partial charge is 0.444 e. The van der Waals surface area contributed by atoms with E-state index in [9.17, 15) is 9.59 Å². The van der Waals surface area contributed by atoms with Crippen molar-refractivity contribution in [2.24, 2.45) is 0 Å². The Hall–Kier alpha value is -2.56. The number of rotatable bonds is 5. The van der Waals surface area contributed by atoms with Gasteiger partial charge in [-0.25, -0.2) is 4.79 Å². The number of carbonyl (C=O) groups excluding carboxylic acids is 2. The Morgan fingerprint density at radius 3 is 2.59 bits per heavy atom. The molecule has 1 fully saturated rings. The van der Waals surface area contributed by atoms with Crippen LogP contribution in [0.15, 0.2) is 55.1 Å². The van der Waals surface area contributed by atoms with Gasteiger partial charge in [-0.2, -0.15) is 0 Å². The van der Waals surface area contributed by atoms with E-state index >= 15 is 0 Å². The van der Waals surface area contributed by atoms with E-state index in [0.29, 0.717) is 19.5 Å². The number of carbonyl (C=O) groups is 2. The van der Waals surface area contributed by atoms with Crippen LogP contribution in [0, 0.1) is 0 Å². The number of ether oxygens (including phenoxy) is 1. The molecule has 0 radical (unpaired) electrons. The average molecular weight is 368 g/mol. The Morgan fingerprint density at radius 1 is 1.33 bits per heavy atom. The third-order valence-corrected chi connectivity index (χ3v) is 4.99. The molecule has 0 saturated carbocycles. The molecule has 0 aliphatic carbocycles. The van der Waals surface area contributed by atoms with E-state index in [1.807, 2.05) is 63.3 Å². The summed E-state index contributed by atoms with van der Waals surface area (Å²) in [6.07, 6.45) is 6.53. The first-order valence-corrected chi connectivity index (χ1v) is 9.43. The lowest BCUT2D eigenvalue weighted by atomic mass is 9.91. The Bertz CT molecular complexity index is 751. The van der Waals surface area contributed by atoms with Crippen molar-refractivity contribution in [3.05, 3.63) is 60.7 Å². The zero-order valence-electron chi connectivity index (χ0n) is 16.4. The van der Waals surface area contributed by atoms with E-state index in [-0.39, 0.29) is 11.9 Å². The van der Waals surface area contributed by atoms with Crippen LogP contribution >= 0.6 is 0 Å². The first-order valence-electron chi connectivity index (χ1n) is 9.43.